The van der Waals surface area contributed by atoms with Crippen LogP contribution in [0.15, 0.2) is 52.2 Å². The van der Waals surface area contributed by atoms with Gasteiger partial charge in [0.25, 0.3) is 0 Å². The Morgan fingerprint density at radius 1 is 1.23 bits per heavy atom. The molecule has 5 nitrogen and oxygen atoms in total. The minimum Gasteiger partial charge on any atom is -0.494 e. The van der Waals surface area contributed by atoms with Crippen molar-refractivity contribution in [3.63, 3.8) is 0 Å². The van der Waals surface area contributed by atoms with Crippen molar-refractivity contribution < 1.29 is 17.6 Å². The quantitative estimate of drug-likeness (QED) is 0.811. The third-order valence-electron chi connectivity index (χ3n) is 3.09. The largest absolute Gasteiger partial charge is 0.494 e. The van der Waals surface area contributed by atoms with E-state index in [-0.39, 0.29) is 10.9 Å². The molecule has 0 saturated carbocycles. The molecule has 6 heteroatoms. The lowest BCUT2D eigenvalue weighted by Gasteiger charge is -2.13. The van der Waals surface area contributed by atoms with Gasteiger partial charge in [0.1, 0.15) is 5.75 Å². The first kappa shape index (κ1) is 16.6. The van der Waals surface area contributed by atoms with E-state index in [0.29, 0.717) is 18.8 Å². The molecule has 0 radical (unpaired) electrons. The molecule has 22 heavy (non-hydrogen) atoms. The molecular weight excluding hydrogens is 302 g/mol. The highest BCUT2D eigenvalue weighted by Gasteiger charge is 2.17. The van der Waals surface area contributed by atoms with Crippen LogP contribution in [0.1, 0.15) is 25.8 Å². The Labute approximate surface area is 131 Å². The number of rotatable bonds is 8. The average molecular weight is 323 g/mol. The van der Waals surface area contributed by atoms with Crippen LogP contribution >= 0.6 is 0 Å². The van der Waals surface area contributed by atoms with E-state index in [9.17, 15) is 8.42 Å². The molecule has 2 aromatic rings. The topological polar surface area (TPSA) is 68.5 Å². The van der Waals surface area contributed by atoms with Crippen molar-refractivity contribution in [1.82, 2.24) is 4.72 Å². The lowest BCUT2D eigenvalue weighted by molar-refractivity contribution is 0.317. The summed E-state index contributed by atoms with van der Waals surface area (Å²) >= 11 is 0. The second kappa shape index (κ2) is 7.47. The smallest absolute Gasteiger partial charge is 0.240 e. The third kappa shape index (κ3) is 4.61. The summed E-state index contributed by atoms with van der Waals surface area (Å²) in [5.74, 6) is 0.673. The summed E-state index contributed by atoms with van der Waals surface area (Å²) in [6.07, 6.45) is 4.68. The Kier molecular flexibility index (Phi) is 5.63. The number of nitrogens with one attached hydrogen (secondary N) is 1. The van der Waals surface area contributed by atoms with Crippen molar-refractivity contribution in [1.29, 1.82) is 0 Å². The van der Waals surface area contributed by atoms with Gasteiger partial charge in [-0.3, -0.25) is 0 Å². The summed E-state index contributed by atoms with van der Waals surface area (Å²) in [7, 11) is -3.54. The standard InChI is InChI=1S/C16H21NO4S/c1-3-9-21-15-4-6-16(7-5-15)22(18,19)17-13(2)11-14-8-10-20-12-14/h4-8,10,12-13,17H,3,9,11H2,1-2H3. The van der Waals surface area contributed by atoms with E-state index >= 15 is 0 Å². The van der Waals surface area contributed by atoms with E-state index in [0.717, 1.165) is 12.0 Å². The molecular formula is C16H21NO4S. The second-order valence-corrected chi connectivity index (χ2v) is 6.89. The summed E-state index contributed by atoms with van der Waals surface area (Å²) in [5, 5.41) is 0. The Balaban J connectivity index is 2.00. The van der Waals surface area contributed by atoms with E-state index in [1.165, 1.54) is 0 Å². The number of sulfonamides is 1. The molecule has 0 saturated heterocycles. The minimum atomic E-state index is -3.54. The van der Waals surface area contributed by atoms with Gasteiger partial charge in [-0.2, -0.15) is 0 Å². The van der Waals surface area contributed by atoms with Gasteiger partial charge in [-0.1, -0.05) is 6.92 Å². The van der Waals surface area contributed by atoms with Crippen LogP contribution in [0.5, 0.6) is 5.75 Å². The van der Waals surface area contributed by atoms with Crippen LogP contribution < -0.4 is 9.46 Å². The van der Waals surface area contributed by atoms with Crippen LogP contribution in [0.2, 0.25) is 0 Å². The molecule has 1 N–H and O–H groups in total. The molecule has 1 atom stereocenters. The van der Waals surface area contributed by atoms with Gasteiger partial charge in [0, 0.05) is 6.04 Å². The van der Waals surface area contributed by atoms with Gasteiger partial charge in [-0.25, -0.2) is 13.1 Å². The molecule has 0 aliphatic heterocycles. The monoisotopic (exact) mass is 323 g/mol. The fraction of sp³-hybridized carbons (Fsp3) is 0.375. The predicted octanol–water partition coefficient (Wildman–Crippen LogP) is 2.98. The number of furan rings is 1. The molecule has 2 rings (SSSR count). The van der Waals surface area contributed by atoms with Gasteiger partial charge >= 0.3 is 0 Å². The Morgan fingerprint density at radius 3 is 2.55 bits per heavy atom. The van der Waals surface area contributed by atoms with E-state index in [1.54, 1.807) is 36.8 Å². The van der Waals surface area contributed by atoms with Crippen molar-refractivity contribution in [2.45, 2.75) is 37.6 Å². The zero-order valence-electron chi connectivity index (χ0n) is 12.8. The predicted molar refractivity (Wildman–Crippen MR) is 84.4 cm³/mol. The highest BCUT2D eigenvalue weighted by molar-refractivity contribution is 7.89. The molecule has 0 aliphatic carbocycles. The number of hydrogen-bond acceptors (Lipinski definition) is 4. The van der Waals surface area contributed by atoms with Crippen molar-refractivity contribution in [2.24, 2.45) is 0 Å². The number of hydrogen-bond donors (Lipinski definition) is 1. The van der Waals surface area contributed by atoms with E-state index < -0.39 is 10.0 Å². The lowest BCUT2D eigenvalue weighted by Crippen LogP contribution is -2.34. The summed E-state index contributed by atoms with van der Waals surface area (Å²) in [6.45, 7) is 4.46. The first-order chi connectivity index (χ1) is 10.5. The Bertz CT molecular complexity index is 663. The van der Waals surface area contributed by atoms with Crippen LogP contribution in [0.3, 0.4) is 0 Å². The summed E-state index contributed by atoms with van der Waals surface area (Å²) in [5.41, 5.74) is 0.957. The highest BCUT2D eigenvalue weighted by Crippen LogP contribution is 2.17. The SMILES string of the molecule is CCCOc1ccc(S(=O)(=O)NC(C)Cc2ccoc2)cc1. The fourth-order valence-electron chi connectivity index (χ4n) is 2.07. The van der Waals surface area contributed by atoms with Crippen molar-refractivity contribution in [3.8, 4) is 5.75 Å². The molecule has 1 unspecified atom stereocenters. The maximum absolute atomic E-state index is 12.3. The lowest BCUT2D eigenvalue weighted by atomic mass is 10.1. The molecule has 120 valence electrons. The maximum Gasteiger partial charge on any atom is 0.240 e. The van der Waals surface area contributed by atoms with Crippen LogP contribution in [0.25, 0.3) is 0 Å². The molecule has 0 fully saturated rings. The van der Waals surface area contributed by atoms with Crippen molar-refractivity contribution in [2.75, 3.05) is 6.61 Å². The second-order valence-electron chi connectivity index (χ2n) is 5.18. The van der Waals surface area contributed by atoms with Crippen LogP contribution in [0.4, 0.5) is 0 Å². The molecule has 0 spiro atoms. The summed E-state index contributed by atoms with van der Waals surface area (Å²) in [6, 6.07) is 8.05. The molecule has 0 aliphatic rings. The average Bonchev–Trinajstić information content (AvgIpc) is 2.97. The van der Waals surface area contributed by atoms with Gasteiger partial charge in [-0.05, 0) is 55.7 Å². The maximum atomic E-state index is 12.3. The van der Waals surface area contributed by atoms with Gasteiger partial charge in [-0.15, -0.1) is 0 Å². The highest BCUT2D eigenvalue weighted by atomic mass is 32.2. The zero-order valence-corrected chi connectivity index (χ0v) is 13.6. The zero-order chi connectivity index (χ0) is 16.0. The van der Waals surface area contributed by atoms with Crippen molar-refractivity contribution >= 4 is 10.0 Å². The van der Waals surface area contributed by atoms with Crippen LogP contribution in [-0.4, -0.2) is 21.1 Å². The molecule has 1 aromatic heterocycles. The van der Waals surface area contributed by atoms with E-state index in [1.807, 2.05) is 19.9 Å². The Morgan fingerprint density at radius 2 is 1.95 bits per heavy atom. The van der Waals surface area contributed by atoms with Gasteiger partial charge < -0.3 is 9.15 Å². The van der Waals surface area contributed by atoms with Gasteiger partial charge in [0.15, 0.2) is 0 Å². The van der Waals surface area contributed by atoms with Crippen LogP contribution in [0, 0.1) is 0 Å². The third-order valence-corrected chi connectivity index (χ3v) is 4.69. The minimum absolute atomic E-state index is 0.224. The van der Waals surface area contributed by atoms with E-state index in [2.05, 4.69) is 4.72 Å². The normalized spacial score (nSPS) is 13.0. The fourth-order valence-corrected chi connectivity index (χ4v) is 3.32. The van der Waals surface area contributed by atoms with Crippen LogP contribution in [-0.2, 0) is 16.4 Å². The first-order valence-corrected chi connectivity index (χ1v) is 8.76. The molecule has 0 bridgehead atoms. The number of ether oxygens (including phenoxy) is 1. The first-order valence-electron chi connectivity index (χ1n) is 7.27. The van der Waals surface area contributed by atoms with Crippen molar-refractivity contribution in [3.05, 3.63) is 48.4 Å². The summed E-state index contributed by atoms with van der Waals surface area (Å²) in [4.78, 5) is 0.232. The van der Waals surface area contributed by atoms with Gasteiger partial charge in [0.05, 0.1) is 24.0 Å². The molecule has 1 aromatic carbocycles. The molecule has 0 amide bonds. The summed E-state index contributed by atoms with van der Waals surface area (Å²) < 4.78 is 37.7. The Hall–Kier alpha value is -1.79. The van der Waals surface area contributed by atoms with E-state index in [4.69, 9.17) is 9.15 Å². The number of benzene rings is 1. The van der Waals surface area contributed by atoms with Gasteiger partial charge in [0.2, 0.25) is 10.0 Å². The molecule has 1 heterocycles.